The summed E-state index contributed by atoms with van der Waals surface area (Å²) in [7, 11) is 0. The van der Waals surface area contributed by atoms with Crippen LogP contribution in [-0.4, -0.2) is 23.9 Å². The molecule has 0 bridgehead atoms. The molecule has 1 N–H and O–H groups in total. The van der Waals surface area contributed by atoms with Gasteiger partial charge in [-0.3, -0.25) is 0 Å². The maximum Gasteiger partial charge on any atom is 0.0622 e. The molecule has 0 aromatic carbocycles. The van der Waals surface area contributed by atoms with Gasteiger partial charge < -0.3 is 9.84 Å². The summed E-state index contributed by atoms with van der Waals surface area (Å²) in [6.07, 6.45) is 13.7. The van der Waals surface area contributed by atoms with Gasteiger partial charge in [0.05, 0.1) is 12.2 Å². The van der Waals surface area contributed by atoms with E-state index in [1.165, 1.54) is 44.9 Å². The zero-order valence-electron chi connectivity index (χ0n) is 17.5. The van der Waals surface area contributed by atoms with E-state index >= 15 is 0 Å². The normalized spacial score (nSPS) is 52.4. The predicted molar refractivity (Wildman–Crippen MR) is 107 cm³/mol. The van der Waals surface area contributed by atoms with Crippen LogP contribution in [0.25, 0.3) is 0 Å². The van der Waals surface area contributed by atoms with Crippen LogP contribution in [0, 0.1) is 34.5 Å². The lowest BCUT2D eigenvalue weighted by Gasteiger charge is -2.62. The Balaban J connectivity index is 1.65. The summed E-state index contributed by atoms with van der Waals surface area (Å²) in [5.41, 5.74) is 2.09. The highest BCUT2D eigenvalue weighted by atomic mass is 16.5. The summed E-state index contributed by atoms with van der Waals surface area (Å²) in [4.78, 5) is 0. The van der Waals surface area contributed by atoms with E-state index in [-0.39, 0.29) is 0 Å². The van der Waals surface area contributed by atoms with Gasteiger partial charge in [0, 0.05) is 6.61 Å². The molecule has 7 atom stereocenters. The summed E-state index contributed by atoms with van der Waals surface area (Å²) >= 11 is 0. The van der Waals surface area contributed by atoms with Gasteiger partial charge in [0.15, 0.2) is 0 Å². The van der Waals surface area contributed by atoms with Gasteiger partial charge in [-0.15, -0.1) is 0 Å². The van der Waals surface area contributed by atoms with Gasteiger partial charge in [0.1, 0.15) is 0 Å². The monoisotopic (exact) mass is 360 g/mol. The van der Waals surface area contributed by atoms with Crippen molar-refractivity contribution in [1.29, 1.82) is 0 Å². The second-order valence-electron chi connectivity index (χ2n) is 10.5. The predicted octanol–water partition coefficient (Wildman–Crippen LogP) is 5.74. The van der Waals surface area contributed by atoms with Gasteiger partial charge in [-0.2, -0.15) is 0 Å². The summed E-state index contributed by atoms with van der Waals surface area (Å²) in [6.45, 7) is 10.8. The van der Waals surface area contributed by atoms with Crippen LogP contribution >= 0.6 is 0 Å². The minimum atomic E-state index is -0.456. The lowest BCUT2D eigenvalue weighted by Crippen LogP contribution is -2.58. The van der Waals surface area contributed by atoms with Crippen molar-refractivity contribution in [1.82, 2.24) is 0 Å². The maximum atomic E-state index is 10.8. The van der Waals surface area contributed by atoms with Gasteiger partial charge in [0.2, 0.25) is 0 Å². The molecule has 0 aromatic rings. The molecule has 0 radical (unpaired) electrons. The number of hydrogen-bond acceptors (Lipinski definition) is 2. The molecule has 2 nitrogen and oxygen atoms in total. The number of rotatable bonds is 3. The Bertz CT molecular complexity index is 565. The molecule has 0 saturated heterocycles. The van der Waals surface area contributed by atoms with Crippen molar-refractivity contribution in [3.8, 4) is 0 Å². The van der Waals surface area contributed by atoms with Crippen molar-refractivity contribution in [2.45, 2.75) is 91.1 Å². The first-order valence-electron chi connectivity index (χ1n) is 11.3. The lowest BCUT2D eigenvalue weighted by molar-refractivity contribution is -0.172. The molecule has 0 aromatic heterocycles. The molecule has 4 fully saturated rings. The van der Waals surface area contributed by atoms with E-state index in [9.17, 15) is 5.11 Å². The Morgan fingerprint density at radius 2 is 1.88 bits per heavy atom. The van der Waals surface area contributed by atoms with Crippen molar-refractivity contribution in [2.75, 3.05) is 13.2 Å². The molecule has 26 heavy (non-hydrogen) atoms. The number of hydrogen-bond donors (Lipinski definition) is 1. The Labute approximate surface area is 160 Å². The molecule has 148 valence electrons. The first-order valence-corrected chi connectivity index (χ1v) is 11.3. The SMILES string of the molecule is CC=C1CC[C@H]2[C@@H]3CC[C@@H]4C[C@](C)(O)CC[C@]4(COCC)[C@H]3CC[C@]12C. The summed E-state index contributed by atoms with van der Waals surface area (Å²) < 4.78 is 6.14. The Morgan fingerprint density at radius 3 is 2.62 bits per heavy atom. The zero-order chi connectivity index (χ0) is 18.6. The highest BCUT2D eigenvalue weighted by molar-refractivity contribution is 5.24. The molecular weight excluding hydrogens is 320 g/mol. The molecule has 0 amide bonds. The fraction of sp³-hybridized carbons (Fsp3) is 0.917. The molecule has 4 rings (SSSR count). The summed E-state index contributed by atoms with van der Waals surface area (Å²) in [5.74, 6) is 3.24. The maximum absolute atomic E-state index is 10.8. The van der Waals surface area contributed by atoms with Crippen LogP contribution in [0.2, 0.25) is 0 Å². The number of ether oxygens (including phenoxy) is 1. The fourth-order valence-corrected chi connectivity index (χ4v) is 8.13. The highest BCUT2D eigenvalue weighted by Gasteiger charge is 2.61. The third-order valence-electron chi connectivity index (χ3n) is 9.42. The minimum Gasteiger partial charge on any atom is -0.390 e. The molecule has 0 heterocycles. The van der Waals surface area contributed by atoms with E-state index in [1.54, 1.807) is 5.57 Å². The van der Waals surface area contributed by atoms with Gasteiger partial charge in [-0.25, -0.2) is 0 Å². The summed E-state index contributed by atoms with van der Waals surface area (Å²) in [6, 6.07) is 0. The fourth-order valence-electron chi connectivity index (χ4n) is 8.13. The molecule has 0 aliphatic heterocycles. The second kappa shape index (κ2) is 6.62. The van der Waals surface area contributed by atoms with Crippen LogP contribution in [0.1, 0.15) is 85.5 Å². The Kier molecular flexibility index (Phi) is 4.84. The van der Waals surface area contributed by atoms with Crippen LogP contribution in [0.15, 0.2) is 11.6 Å². The third-order valence-corrected chi connectivity index (χ3v) is 9.42. The quantitative estimate of drug-likeness (QED) is 0.650. The van der Waals surface area contributed by atoms with Crippen molar-refractivity contribution in [2.24, 2.45) is 34.5 Å². The average Bonchev–Trinajstić information content (AvgIpc) is 2.96. The van der Waals surface area contributed by atoms with Crippen LogP contribution in [0.4, 0.5) is 0 Å². The van der Waals surface area contributed by atoms with Gasteiger partial charge in [-0.05, 0) is 113 Å². The Morgan fingerprint density at radius 1 is 1.08 bits per heavy atom. The molecular formula is C24H40O2. The van der Waals surface area contributed by atoms with Crippen LogP contribution < -0.4 is 0 Å². The zero-order valence-corrected chi connectivity index (χ0v) is 17.5. The largest absolute Gasteiger partial charge is 0.390 e. The van der Waals surface area contributed by atoms with Crippen molar-refractivity contribution in [3.05, 3.63) is 11.6 Å². The smallest absolute Gasteiger partial charge is 0.0622 e. The topological polar surface area (TPSA) is 29.5 Å². The standard InChI is InChI=1S/C24H40O2/c1-5-17-8-10-20-19-9-7-18-15-22(3,25)13-14-24(18,16-26-6-2)21(19)11-12-23(17,20)4/h5,18-21,25H,6-16H2,1-4H3/t18-,19+,20+,21+,22-,23-,24-/m1/s1. The van der Waals surface area contributed by atoms with Crippen molar-refractivity contribution < 1.29 is 9.84 Å². The van der Waals surface area contributed by atoms with E-state index < -0.39 is 5.60 Å². The molecule has 0 spiro atoms. The van der Waals surface area contributed by atoms with E-state index in [0.29, 0.717) is 16.7 Å². The van der Waals surface area contributed by atoms with Crippen LogP contribution in [0.3, 0.4) is 0 Å². The van der Waals surface area contributed by atoms with E-state index in [0.717, 1.165) is 43.8 Å². The Hall–Kier alpha value is -0.340. The van der Waals surface area contributed by atoms with E-state index in [2.05, 4.69) is 33.8 Å². The van der Waals surface area contributed by atoms with Crippen molar-refractivity contribution in [3.63, 3.8) is 0 Å². The first kappa shape index (κ1) is 19.0. The average molecular weight is 361 g/mol. The summed E-state index contributed by atoms with van der Waals surface area (Å²) in [5, 5.41) is 10.8. The number of allylic oxidation sites excluding steroid dienone is 2. The van der Waals surface area contributed by atoms with Gasteiger partial charge in [-0.1, -0.05) is 18.6 Å². The molecule has 4 aliphatic rings. The van der Waals surface area contributed by atoms with Gasteiger partial charge >= 0.3 is 0 Å². The van der Waals surface area contributed by atoms with Crippen molar-refractivity contribution >= 4 is 0 Å². The van der Waals surface area contributed by atoms with Crippen LogP contribution in [0.5, 0.6) is 0 Å². The van der Waals surface area contributed by atoms with Gasteiger partial charge in [0.25, 0.3) is 0 Å². The molecule has 4 aliphatic carbocycles. The van der Waals surface area contributed by atoms with E-state index in [1.807, 2.05) is 0 Å². The lowest BCUT2D eigenvalue weighted by atomic mass is 9.44. The van der Waals surface area contributed by atoms with Crippen LogP contribution in [-0.2, 0) is 4.74 Å². The molecule has 0 unspecified atom stereocenters. The minimum absolute atomic E-state index is 0.335. The molecule has 2 heteroatoms. The second-order valence-corrected chi connectivity index (χ2v) is 10.5. The first-order chi connectivity index (χ1) is 12.4. The van der Waals surface area contributed by atoms with E-state index in [4.69, 9.17) is 4.74 Å². The third kappa shape index (κ3) is 2.73. The highest BCUT2D eigenvalue weighted by Crippen LogP contribution is 2.68. The molecule has 4 saturated carbocycles. The number of fused-ring (bicyclic) bond motifs is 5. The number of aliphatic hydroxyl groups is 1.